The smallest absolute Gasteiger partial charge is 0.196 e. The number of hydrogen-bond donors (Lipinski definition) is 1. The van der Waals surface area contributed by atoms with Gasteiger partial charge in [0.05, 0.1) is 11.4 Å². The third-order valence-corrected chi connectivity index (χ3v) is 5.38. The molecule has 0 aliphatic rings. The van der Waals surface area contributed by atoms with E-state index in [2.05, 4.69) is 21.2 Å². The predicted octanol–water partition coefficient (Wildman–Crippen LogP) is 4.01. The molecule has 0 unspecified atom stereocenters. The van der Waals surface area contributed by atoms with Crippen molar-refractivity contribution in [2.75, 3.05) is 5.75 Å². The number of H-pyrrole nitrogens is 1. The first-order valence-corrected chi connectivity index (χ1v) is 9.63. The maximum atomic E-state index is 12.7. The first-order valence-electron chi connectivity index (χ1n) is 8.64. The Bertz CT molecular complexity index is 1030. The van der Waals surface area contributed by atoms with E-state index < -0.39 is 0 Å². The lowest BCUT2D eigenvalue weighted by Gasteiger charge is -2.09. The number of carbonyl (C=O) groups is 2. The summed E-state index contributed by atoms with van der Waals surface area (Å²) in [6.45, 7) is 9.05. The summed E-state index contributed by atoms with van der Waals surface area (Å²) in [6, 6.07) is 8.06. The van der Waals surface area contributed by atoms with Gasteiger partial charge in [0.25, 0.3) is 0 Å². The highest BCUT2D eigenvalue weighted by atomic mass is 32.2. The molecule has 0 fully saturated rings. The van der Waals surface area contributed by atoms with Gasteiger partial charge in [0.2, 0.25) is 0 Å². The molecular weight excluding hydrogens is 360 g/mol. The Kier molecular flexibility index (Phi) is 5.32. The lowest BCUT2D eigenvalue weighted by Crippen LogP contribution is -2.07. The Labute approximate surface area is 162 Å². The minimum absolute atomic E-state index is 0.0391. The molecule has 0 atom stereocenters. The van der Waals surface area contributed by atoms with Crippen LogP contribution in [0.25, 0.3) is 5.69 Å². The van der Waals surface area contributed by atoms with Crippen LogP contribution in [-0.2, 0) is 0 Å². The molecule has 2 heterocycles. The molecule has 140 valence electrons. The van der Waals surface area contributed by atoms with Crippen LogP contribution in [0.5, 0.6) is 0 Å². The second-order valence-electron chi connectivity index (χ2n) is 6.60. The normalized spacial score (nSPS) is 11.0. The van der Waals surface area contributed by atoms with E-state index in [0.717, 1.165) is 22.8 Å². The zero-order valence-electron chi connectivity index (χ0n) is 16.1. The van der Waals surface area contributed by atoms with E-state index in [0.29, 0.717) is 22.0 Å². The summed E-state index contributed by atoms with van der Waals surface area (Å²) in [7, 11) is 0. The quantitative estimate of drug-likeness (QED) is 0.515. The predicted molar refractivity (Wildman–Crippen MR) is 106 cm³/mol. The van der Waals surface area contributed by atoms with Gasteiger partial charge in [-0.05, 0) is 57.9 Å². The molecule has 7 heteroatoms. The third-order valence-electron chi connectivity index (χ3n) is 4.46. The second-order valence-corrected chi connectivity index (χ2v) is 7.54. The van der Waals surface area contributed by atoms with E-state index >= 15 is 0 Å². The van der Waals surface area contributed by atoms with Crippen LogP contribution in [0.1, 0.15) is 50.4 Å². The maximum absolute atomic E-state index is 12.7. The number of aryl methyl sites for hydroxylation is 3. The number of Topliss-reactive ketones (excluding diaryl/α,β-unsaturated/α-hetero) is 2. The Morgan fingerprint density at radius 1 is 1.15 bits per heavy atom. The average Bonchev–Trinajstić information content (AvgIpc) is 3.12. The highest BCUT2D eigenvalue weighted by Gasteiger charge is 2.21. The van der Waals surface area contributed by atoms with Gasteiger partial charge in [-0.1, -0.05) is 23.9 Å². The molecule has 2 aromatic heterocycles. The van der Waals surface area contributed by atoms with Crippen LogP contribution in [0.4, 0.5) is 0 Å². The average molecular weight is 382 g/mol. The van der Waals surface area contributed by atoms with Crippen molar-refractivity contribution in [3.05, 3.63) is 58.2 Å². The molecule has 0 radical (unpaired) electrons. The first-order chi connectivity index (χ1) is 12.8. The molecule has 3 rings (SSSR count). The zero-order valence-corrected chi connectivity index (χ0v) is 16.9. The number of benzene rings is 1. The summed E-state index contributed by atoms with van der Waals surface area (Å²) in [5.41, 5.74) is 4.64. The molecule has 27 heavy (non-hydrogen) atoms. The number of nitrogens with one attached hydrogen (secondary N) is 1. The van der Waals surface area contributed by atoms with Crippen molar-refractivity contribution in [2.45, 2.75) is 39.8 Å². The van der Waals surface area contributed by atoms with Crippen molar-refractivity contribution in [3.63, 3.8) is 0 Å². The third kappa shape index (κ3) is 3.73. The minimum Gasteiger partial charge on any atom is -0.355 e. The highest BCUT2D eigenvalue weighted by molar-refractivity contribution is 7.99. The van der Waals surface area contributed by atoms with Gasteiger partial charge in [-0.25, -0.2) is 0 Å². The van der Waals surface area contributed by atoms with Crippen LogP contribution < -0.4 is 0 Å². The van der Waals surface area contributed by atoms with Crippen LogP contribution in [-0.4, -0.2) is 37.1 Å². The SMILES string of the molecule is CC(=O)c1c(C)[nH]c(C(=O)CSc2nnc(C)n2-c2cccc(C)c2)c1C. The van der Waals surface area contributed by atoms with Crippen molar-refractivity contribution < 1.29 is 9.59 Å². The topological polar surface area (TPSA) is 80.6 Å². The lowest BCUT2D eigenvalue weighted by molar-refractivity contribution is 0.101. The molecule has 0 bridgehead atoms. The van der Waals surface area contributed by atoms with Crippen LogP contribution in [0.15, 0.2) is 29.4 Å². The van der Waals surface area contributed by atoms with Gasteiger partial charge in [-0.15, -0.1) is 10.2 Å². The van der Waals surface area contributed by atoms with E-state index in [-0.39, 0.29) is 17.3 Å². The number of carbonyl (C=O) groups excluding carboxylic acids is 2. The second kappa shape index (κ2) is 7.52. The van der Waals surface area contributed by atoms with Crippen molar-refractivity contribution >= 4 is 23.3 Å². The van der Waals surface area contributed by atoms with Crippen LogP contribution in [0.2, 0.25) is 0 Å². The molecule has 1 N–H and O–H groups in total. The van der Waals surface area contributed by atoms with Crippen LogP contribution in [0.3, 0.4) is 0 Å². The molecule has 0 saturated carbocycles. The van der Waals surface area contributed by atoms with Crippen molar-refractivity contribution in [3.8, 4) is 5.69 Å². The summed E-state index contributed by atoms with van der Waals surface area (Å²) in [5.74, 6) is 0.871. The van der Waals surface area contributed by atoms with Crippen molar-refractivity contribution in [2.24, 2.45) is 0 Å². The molecule has 3 aromatic rings. The van der Waals surface area contributed by atoms with E-state index in [1.54, 1.807) is 6.92 Å². The zero-order chi connectivity index (χ0) is 19.7. The molecule has 6 nitrogen and oxygen atoms in total. The number of thioether (sulfide) groups is 1. The molecule has 1 aromatic carbocycles. The lowest BCUT2D eigenvalue weighted by atomic mass is 10.1. The number of hydrogen-bond acceptors (Lipinski definition) is 5. The summed E-state index contributed by atoms with van der Waals surface area (Å²) < 4.78 is 1.94. The Morgan fingerprint density at radius 2 is 1.89 bits per heavy atom. The summed E-state index contributed by atoms with van der Waals surface area (Å²) >= 11 is 1.34. The van der Waals surface area contributed by atoms with Crippen molar-refractivity contribution in [1.29, 1.82) is 0 Å². The molecule has 0 spiro atoms. The fraction of sp³-hybridized carbons (Fsp3) is 0.300. The molecule has 0 amide bonds. The Morgan fingerprint density at radius 3 is 2.52 bits per heavy atom. The number of aromatic nitrogens is 4. The summed E-state index contributed by atoms with van der Waals surface area (Å²) in [6.07, 6.45) is 0. The van der Waals surface area contributed by atoms with Crippen LogP contribution >= 0.6 is 11.8 Å². The molecule has 0 aliphatic carbocycles. The number of aromatic amines is 1. The summed E-state index contributed by atoms with van der Waals surface area (Å²) in [5, 5.41) is 9.05. The van der Waals surface area contributed by atoms with Gasteiger partial charge in [0.15, 0.2) is 16.7 Å². The van der Waals surface area contributed by atoms with Gasteiger partial charge in [-0.2, -0.15) is 0 Å². The Hall–Kier alpha value is -2.67. The molecule has 0 aliphatic heterocycles. The van der Waals surface area contributed by atoms with Gasteiger partial charge < -0.3 is 4.98 Å². The van der Waals surface area contributed by atoms with Gasteiger partial charge in [0, 0.05) is 16.9 Å². The fourth-order valence-electron chi connectivity index (χ4n) is 3.26. The summed E-state index contributed by atoms with van der Waals surface area (Å²) in [4.78, 5) is 27.6. The Balaban J connectivity index is 1.83. The minimum atomic E-state index is -0.0652. The largest absolute Gasteiger partial charge is 0.355 e. The number of nitrogens with zero attached hydrogens (tertiary/aromatic N) is 3. The molecular formula is C20H22N4O2S. The van der Waals surface area contributed by atoms with E-state index in [4.69, 9.17) is 0 Å². The van der Waals surface area contributed by atoms with E-state index in [1.165, 1.54) is 18.7 Å². The number of ketones is 2. The first kappa shape index (κ1) is 19.1. The van der Waals surface area contributed by atoms with Gasteiger partial charge in [-0.3, -0.25) is 14.2 Å². The van der Waals surface area contributed by atoms with Crippen molar-refractivity contribution in [1.82, 2.24) is 19.7 Å². The van der Waals surface area contributed by atoms with Gasteiger partial charge >= 0.3 is 0 Å². The maximum Gasteiger partial charge on any atom is 0.196 e. The van der Waals surface area contributed by atoms with Gasteiger partial charge in [0.1, 0.15) is 5.82 Å². The monoisotopic (exact) mass is 382 g/mol. The standard InChI is InChI=1S/C20H22N4O2S/c1-11-7-6-8-16(9-11)24-15(5)22-23-20(24)27-10-17(26)19-12(2)18(14(4)25)13(3)21-19/h6-9,21H,10H2,1-5H3. The van der Waals surface area contributed by atoms with E-state index in [9.17, 15) is 9.59 Å². The van der Waals surface area contributed by atoms with Crippen LogP contribution in [0, 0.1) is 27.7 Å². The highest BCUT2D eigenvalue weighted by Crippen LogP contribution is 2.25. The van der Waals surface area contributed by atoms with E-state index in [1.807, 2.05) is 43.5 Å². The fourth-order valence-corrected chi connectivity index (χ4v) is 4.13. The molecule has 0 saturated heterocycles. The number of rotatable bonds is 6.